The van der Waals surface area contributed by atoms with Crippen molar-refractivity contribution < 1.29 is 9.47 Å². The summed E-state index contributed by atoms with van der Waals surface area (Å²) in [5.41, 5.74) is 6.90. The molecule has 0 spiro atoms. The first-order valence-electron chi connectivity index (χ1n) is 6.00. The molecular weight excluding hydrogens is 276 g/mol. The Labute approximate surface area is 122 Å². The number of hydrogen-bond donors (Lipinski definition) is 2. The quantitative estimate of drug-likeness (QED) is 0.656. The number of nitrogens with two attached hydrogens (primary N) is 1. The lowest BCUT2D eigenvalue weighted by molar-refractivity contribution is 0.304. The molecule has 0 aliphatic rings. The summed E-state index contributed by atoms with van der Waals surface area (Å²) in [6.07, 6.45) is 0. The van der Waals surface area contributed by atoms with Crippen molar-refractivity contribution in [2.24, 2.45) is 5.73 Å². The van der Waals surface area contributed by atoms with E-state index < -0.39 is 0 Å². The molecule has 0 unspecified atom stereocenters. The van der Waals surface area contributed by atoms with Crippen LogP contribution in [0.25, 0.3) is 0 Å². The van der Waals surface area contributed by atoms with Gasteiger partial charge in [0, 0.05) is 0 Å². The third kappa shape index (κ3) is 3.22. The van der Waals surface area contributed by atoms with Gasteiger partial charge in [0.15, 0.2) is 0 Å². The van der Waals surface area contributed by atoms with Gasteiger partial charge >= 0.3 is 0 Å². The van der Waals surface area contributed by atoms with Gasteiger partial charge in [0.25, 0.3) is 0 Å². The van der Waals surface area contributed by atoms with Crippen molar-refractivity contribution in [1.82, 2.24) is 0 Å². The van der Waals surface area contributed by atoms with E-state index in [0.29, 0.717) is 22.9 Å². The average molecular weight is 291 g/mol. The third-order valence-electron chi connectivity index (χ3n) is 2.77. The Bertz CT molecular complexity index is 629. The lowest BCUT2D eigenvalue weighted by atomic mass is 10.2. The van der Waals surface area contributed by atoms with Gasteiger partial charge in [-0.1, -0.05) is 29.8 Å². The fraction of sp³-hybridized carbons (Fsp3) is 0.133. The number of nitrogens with one attached hydrogen (secondary N) is 1. The Morgan fingerprint density at radius 2 is 2.00 bits per heavy atom. The summed E-state index contributed by atoms with van der Waals surface area (Å²) in [7, 11) is 1.62. The van der Waals surface area contributed by atoms with Crippen LogP contribution < -0.4 is 15.2 Å². The van der Waals surface area contributed by atoms with Crippen LogP contribution >= 0.6 is 11.6 Å². The van der Waals surface area contributed by atoms with E-state index in [0.717, 1.165) is 11.3 Å². The van der Waals surface area contributed by atoms with Gasteiger partial charge < -0.3 is 15.2 Å². The molecule has 0 aromatic heterocycles. The highest BCUT2D eigenvalue weighted by atomic mass is 35.5. The Morgan fingerprint density at radius 1 is 1.25 bits per heavy atom. The van der Waals surface area contributed by atoms with E-state index in [1.807, 2.05) is 24.3 Å². The van der Waals surface area contributed by atoms with Gasteiger partial charge in [0.2, 0.25) is 0 Å². The number of hydrogen-bond acceptors (Lipinski definition) is 3. The van der Waals surface area contributed by atoms with E-state index in [9.17, 15) is 0 Å². The van der Waals surface area contributed by atoms with Crippen molar-refractivity contribution in [2.75, 3.05) is 7.11 Å². The van der Waals surface area contributed by atoms with Crippen LogP contribution in [0.1, 0.15) is 11.1 Å². The predicted molar refractivity (Wildman–Crippen MR) is 79.8 cm³/mol. The molecule has 0 amide bonds. The number of halogens is 1. The van der Waals surface area contributed by atoms with E-state index in [1.54, 1.807) is 25.3 Å². The SMILES string of the molecule is COc1cccc(COc2cccc(Cl)c2C(=N)N)c1. The van der Waals surface area contributed by atoms with Crippen LogP contribution in [-0.2, 0) is 6.61 Å². The van der Waals surface area contributed by atoms with E-state index in [2.05, 4.69) is 0 Å². The standard InChI is InChI=1S/C15H15ClN2O2/c1-19-11-5-2-4-10(8-11)9-20-13-7-3-6-12(16)14(13)15(17)18/h2-8H,9H2,1H3,(H3,17,18). The molecule has 5 heteroatoms. The zero-order valence-electron chi connectivity index (χ0n) is 11.0. The second-order valence-corrected chi connectivity index (χ2v) is 4.57. The molecule has 0 radical (unpaired) electrons. The van der Waals surface area contributed by atoms with Crippen molar-refractivity contribution in [1.29, 1.82) is 5.41 Å². The topological polar surface area (TPSA) is 68.3 Å². The van der Waals surface area contributed by atoms with Gasteiger partial charge in [-0.3, -0.25) is 5.41 Å². The van der Waals surface area contributed by atoms with E-state index in [1.165, 1.54) is 0 Å². The van der Waals surface area contributed by atoms with E-state index in [4.69, 9.17) is 32.2 Å². The molecule has 0 saturated carbocycles. The molecule has 104 valence electrons. The fourth-order valence-corrected chi connectivity index (χ4v) is 2.08. The summed E-state index contributed by atoms with van der Waals surface area (Å²) >= 11 is 6.03. The first-order valence-corrected chi connectivity index (χ1v) is 6.38. The highest BCUT2D eigenvalue weighted by molar-refractivity contribution is 6.34. The molecule has 2 rings (SSSR count). The maximum atomic E-state index is 7.56. The van der Waals surface area contributed by atoms with Crippen LogP contribution in [0, 0.1) is 5.41 Å². The van der Waals surface area contributed by atoms with Crippen molar-refractivity contribution in [3.63, 3.8) is 0 Å². The summed E-state index contributed by atoms with van der Waals surface area (Å²) in [4.78, 5) is 0. The number of amidine groups is 1. The molecule has 20 heavy (non-hydrogen) atoms. The average Bonchev–Trinajstić information content (AvgIpc) is 2.45. The molecule has 2 aromatic carbocycles. The summed E-state index contributed by atoms with van der Waals surface area (Å²) in [6, 6.07) is 12.7. The second kappa shape index (κ2) is 6.30. The Hall–Kier alpha value is -2.20. The predicted octanol–water partition coefficient (Wildman–Crippen LogP) is 3.21. The van der Waals surface area contributed by atoms with E-state index in [-0.39, 0.29) is 5.84 Å². The number of benzene rings is 2. The van der Waals surface area contributed by atoms with Gasteiger partial charge in [-0.2, -0.15) is 0 Å². The fourth-order valence-electron chi connectivity index (χ4n) is 1.81. The van der Waals surface area contributed by atoms with Crippen LogP contribution in [0.15, 0.2) is 42.5 Å². The lowest BCUT2D eigenvalue weighted by Gasteiger charge is -2.12. The minimum absolute atomic E-state index is 0.115. The normalized spacial score (nSPS) is 10.1. The number of ether oxygens (including phenoxy) is 2. The lowest BCUT2D eigenvalue weighted by Crippen LogP contribution is -2.13. The Balaban J connectivity index is 2.18. The summed E-state index contributed by atoms with van der Waals surface area (Å²) < 4.78 is 10.9. The van der Waals surface area contributed by atoms with Gasteiger partial charge in [0.05, 0.1) is 17.7 Å². The maximum absolute atomic E-state index is 7.56. The van der Waals surface area contributed by atoms with Crippen LogP contribution in [0.4, 0.5) is 0 Å². The highest BCUT2D eigenvalue weighted by Crippen LogP contribution is 2.26. The smallest absolute Gasteiger partial charge is 0.132 e. The van der Waals surface area contributed by atoms with Gasteiger partial charge in [-0.05, 0) is 29.8 Å². The minimum atomic E-state index is -0.115. The monoisotopic (exact) mass is 290 g/mol. The number of nitrogen functional groups attached to an aromatic ring is 1. The molecule has 2 aromatic rings. The molecular formula is C15H15ClN2O2. The molecule has 0 aliphatic heterocycles. The minimum Gasteiger partial charge on any atom is -0.497 e. The van der Waals surface area contributed by atoms with Crippen LogP contribution in [0.2, 0.25) is 5.02 Å². The van der Waals surface area contributed by atoms with E-state index >= 15 is 0 Å². The third-order valence-corrected chi connectivity index (χ3v) is 3.09. The Morgan fingerprint density at radius 3 is 2.70 bits per heavy atom. The molecule has 4 nitrogen and oxygen atoms in total. The highest BCUT2D eigenvalue weighted by Gasteiger charge is 2.11. The van der Waals surface area contributed by atoms with Gasteiger partial charge in [0.1, 0.15) is 23.9 Å². The van der Waals surface area contributed by atoms with Crippen molar-refractivity contribution >= 4 is 17.4 Å². The first kappa shape index (κ1) is 14.2. The van der Waals surface area contributed by atoms with Gasteiger partial charge in [-0.25, -0.2) is 0 Å². The van der Waals surface area contributed by atoms with Crippen molar-refractivity contribution in [3.05, 3.63) is 58.6 Å². The largest absolute Gasteiger partial charge is 0.497 e. The molecule has 0 aliphatic carbocycles. The van der Waals surface area contributed by atoms with Crippen LogP contribution in [0.3, 0.4) is 0 Å². The summed E-state index contributed by atoms with van der Waals surface area (Å²) in [5, 5.41) is 7.96. The maximum Gasteiger partial charge on any atom is 0.132 e. The molecule has 0 saturated heterocycles. The molecule has 0 fully saturated rings. The zero-order valence-corrected chi connectivity index (χ0v) is 11.8. The molecule has 3 N–H and O–H groups in total. The number of rotatable bonds is 5. The molecule has 0 heterocycles. The van der Waals surface area contributed by atoms with Crippen LogP contribution in [0.5, 0.6) is 11.5 Å². The van der Waals surface area contributed by atoms with Crippen LogP contribution in [-0.4, -0.2) is 12.9 Å². The number of methoxy groups -OCH3 is 1. The Kier molecular flexibility index (Phi) is 4.48. The second-order valence-electron chi connectivity index (χ2n) is 4.17. The molecule has 0 atom stereocenters. The summed E-state index contributed by atoms with van der Waals surface area (Å²) in [5.74, 6) is 1.15. The summed E-state index contributed by atoms with van der Waals surface area (Å²) in [6.45, 7) is 0.345. The zero-order chi connectivity index (χ0) is 14.5. The van der Waals surface area contributed by atoms with Crippen molar-refractivity contribution in [2.45, 2.75) is 6.61 Å². The molecule has 0 bridgehead atoms. The van der Waals surface area contributed by atoms with Crippen molar-refractivity contribution in [3.8, 4) is 11.5 Å². The first-order chi connectivity index (χ1) is 9.61. The van der Waals surface area contributed by atoms with Gasteiger partial charge in [-0.15, -0.1) is 0 Å².